The first-order valence-corrected chi connectivity index (χ1v) is 11.3. The quantitative estimate of drug-likeness (QED) is 0.696. The molecule has 0 radical (unpaired) electrons. The molecule has 1 amide bonds. The molecular weight excluding hydrogens is 404 g/mol. The highest BCUT2D eigenvalue weighted by Gasteiger charge is 2.34. The van der Waals surface area contributed by atoms with Gasteiger partial charge < -0.3 is 0 Å². The Bertz CT molecular complexity index is 1270. The summed E-state index contributed by atoms with van der Waals surface area (Å²) in [5, 5.41) is 11.8. The molecule has 2 aliphatic rings. The van der Waals surface area contributed by atoms with E-state index in [0.717, 1.165) is 28.3 Å². The molecule has 2 heterocycles. The minimum atomic E-state index is -0.380. The van der Waals surface area contributed by atoms with E-state index in [1.807, 2.05) is 42.5 Å². The van der Waals surface area contributed by atoms with E-state index in [1.165, 1.54) is 22.9 Å². The summed E-state index contributed by atoms with van der Waals surface area (Å²) >= 11 is 1.52. The summed E-state index contributed by atoms with van der Waals surface area (Å²) in [5.41, 5.74) is 4.00. The standard InChI is InChI=1S/C25H22N4OS/c1-2-17-12-14-19(15-13-17)23-26-21-11-7-6-10-20(21)22-24(30)27-25(28-29(22)23)31-16-18-8-4-3-5-9-18/h3-15,23H,2,16H2,1H3,(H,27,28,30)/t23-/m1/s1. The van der Waals surface area contributed by atoms with Gasteiger partial charge in [-0.3, -0.25) is 15.1 Å². The van der Waals surface area contributed by atoms with Crippen molar-refractivity contribution in [2.45, 2.75) is 25.3 Å². The Hall–Kier alpha value is -3.38. The van der Waals surface area contributed by atoms with Gasteiger partial charge in [-0.1, -0.05) is 91.5 Å². The normalized spacial score (nSPS) is 17.3. The van der Waals surface area contributed by atoms with Crippen LogP contribution in [0.1, 0.15) is 29.8 Å². The number of carbonyl (C=O) groups excluding carboxylic acids is 1. The molecule has 3 aromatic rings. The predicted octanol–water partition coefficient (Wildman–Crippen LogP) is 3.33. The zero-order chi connectivity index (χ0) is 21.2. The summed E-state index contributed by atoms with van der Waals surface area (Å²) in [6, 6.07) is 26.3. The second kappa shape index (κ2) is 8.40. The first-order chi connectivity index (χ1) is 15.2. The van der Waals surface area contributed by atoms with Gasteiger partial charge in [-0.2, -0.15) is 0 Å². The summed E-state index contributed by atoms with van der Waals surface area (Å²) in [4.78, 5) is 18.1. The molecule has 0 spiro atoms. The third-order valence-electron chi connectivity index (χ3n) is 5.42. The van der Waals surface area contributed by atoms with E-state index < -0.39 is 0 Å². The summed E-state index contributed by atoms with van der Waals surface area (Å²) in [5.74, 6) is 0.579. The van der Waals surface area contributed by atoms with Crippen molar-refractivity contribution >= 4 is 28.5 Å². The Kier molecular flexibility index (Phi) is 5.30. The van der Waals surface area contributed by atoms with Gasteiger partial charge in [0.05, 0.1) is 5.36 Å². The zero-order valence-electron chi connectivity index (χ0n) is 17.2. The van der Waals surface area contributed by atoms with E-state index in [1.54, 1.807) is 5.01 Å². The summed E-state index contributed by atoms with van der Waals surface area (Å²) in [6.45, 7) is 2.14. The van der Waals surface area contributed by atoms with Gasteiger partial charge in [0.25, 0.3) is 5.91 Å². The second-order valence-corrected chi connectivity index (χ2v) is 8.41. The van der Waals surface area contributed by atoms with Crippen molar-refractivity contribution in [1.29, 1.82) is 0 Å². The molecule has 0 fully saturated rings. The maximum Gasteiger partial charge on any atom is 0.276 e. The van der Waals surface area contributed by atoms with Gasteiger partial charge >= 0.3 is 0 Å². The third kappa shape index (κ3) is 3.86. The highest BCUT2D eigenvalue weighted by Crippen LogP contribution is 2.31. The number of amides is 1. The van der Waals surface area contributed by atoms with Crippen molar-refractivity contribution in [2.75, 3.05) is 0 Å². The maximum atomic E-state index is 13.2. The van der Waals surface area contributed by atoms with Gasteiger partial charge in [0.1, 0.15) is 5.70 Å². The minimum absolute atomic E-state index is 0.150. The van der Waals surface area contributed by atoms with Crippen LogP contribution in [-0.4, -0.2) is 16.1 Å². The molecule has 31 heavy (non-hydrogen) atoms. The van der Waals surface area contributed by atoms with E-state index in [4.69, 9.17) is 10.1 Å². The van der Waals surface area contributed by atoms with Gasteiger partial charge in [0, 0.05) is 11.0 Å². The lowest BCUT2D eigenvalue weighted by Crippen LogP contribution is -2.50. The maximum absolute atomic E-state index is 13.2. The molecule has 1 N–H and O–H groups in total. The van der Waals surface area contributed by atoms with Crippen LogP contribution in [0.5, 0.6) is 0 Å². The number of para-hydroxylation sites is 1. The Morgan fingerprint density at radius 1 is 0.935 bits per heavy atom. The number of fused-ring (bicyclic) bond motifs is 2. The molecule has 2 aliphatic heterocycles. The highest BCUT2D eigenvalue weighted by atomic mass is 32.2. The number of amidine groups is 1. The molecule has 5 rings (SSSR count). The van der Waals surface area contributed by atoms with E-state index >= 15 is 0 Å². The fourth-order valence-electron chi connectivity index (χ4n) is 3.76. The SMILES string of the molecule is CCc1ccc([C@@H]2N=c3ccccc3=C3C(=O)NC(SCc4ccccc4)=NN32)cc1. The van der Waals surface area contributed by atoms with Crippen molar-refractivity contribution < 1.29 is 4.79 Å². The molecule has 0 aromatic heterocycles. The van der Waals surface area contributed by atoms with Crippen molar-refractivity contribution in [3.8, 4) is 0 Å². The number of rotatable bonds is 4. The van der Waals surface area contributed by atoms with E-state index in [9.17, 15) is 4.79 Å². The van der Waals surface area contributed by atoms with Gasteiger partial charge in [-0.25, -0.2) is 5.01 Å². The number of aryl methyl sites for hydroxylation is 1. The van der Waals surface area contributed by atoms with Crippen LogP contribution in [-0.2, 0) is 17.0 Å². The third-order valence-corrected chi connectivity index (χ3v) is 6.35. The Morgan fingerprint density at radius 3 is 2.45 bits per heavy atom. The first-order valence-electron chi connectivity index (χ1n) is 10.3. The molecule has 0 unspecified atom stereocenters. The average molecular weight is 427 g/mol. The number of hydrogen-bond donors (Lipinski definition) is 1. The Labute approximate surface area is 185 Å². The van der Waals surface area contributed by atoms with Crippen LogP contribution in [0, 0.1) is 0 Å². The van der Waals surface area contributed by atoms with Crippen molar-refractivity contribution in [1.82, 2.24) is 10.3 Å². The van der Waals surface area contributed by atoms with Crippen LogP contribution in [0.15, 0.2) is 89.0 Å². The van der Waals surface area contributed by atoms with Crippen LogP contribution in [0.25, 0.3) is 5.70 Å². The molecule has 3 aromatic carbocycles. The van der Waals surface area contributed by atoms with E-state index in [0.29, 0.717) is 10.9 Å². The topological polar surface area (TPSA) is 57.1 Å². The Balaban J connectivity index is 1.56. The number of nitrogens with one attached hydrogen (secondary N) is 1. The molecule has 0 saturated carbocycles. The first kappa shape index (κ1) is 19.6. The molecule has 0 bridgehead atoms. The summed E-state index contributed by atoms with van der Waals surface area (Å²) in [6.07, 6.45) is 0.599. The van der Waals surface area contributed by atoms with Gasteiger partial charge in [0.15, 0.2) is 11.3 Å². The lowest BCUT2D eigenvalue weighted by atomic mass is 10.1. The van der Waals surface area contributed by atoms with Crippen LogP contribution in [0.2, 0.25) is 0 Å². The minimum Gasteiger partial charge on any atom is -0.298 e. The molecule has 0 saturated heterocycles. The highest BCUT2D eigenvalue weighted by molar-refractivity contribution is 8.13. The van der Waals surface area contributed by atoms with Gasteiger partial charge in [-0.15, -0.1) is 5.10 Å². The second-order valence-electron chi connectivity index (χ2n) is 7.44. The van der Waals surface area contributed by atoms with Gasteiger partial charge in [-0.05, 0) is 29.2 Å². The number of thioether (sulfide) groups is 1. The molecule has 6 heteroatoms. The smallest absolute Gasteiger partial charge is 0.276 e. The number of hydrogen-bond acceptors (Lipinski definition) is 5. The predicted molar refractivity (Wildman–Crippen MR) is 124 cm³/mol. The fourth-order valence-corrected chi connectivity index (χ4v) is 4.57. The molecule has 0 aliphatic carbocycles. The lowest BCUT2D eigenvalue weighted by Gasteiger charge is -2.34. The van der Waals surface area contributed by atoms with Crippen molar-refractivity contribution in [3.63, 3.8) is 0 Å². The van der Waals surface area contributed by atoms with Crippen molar-refractivity contribution in [3.05, 3.63) is 106 Å². The zero-order valence-corrected chi connectivity index (χ0v) is 18.0. The molecule has 1 atom stereocenters. The van der Waals surface area contributed by atoms with E-state index in [2.05, 4.69) is 48.6 Å². The molecular formula is C25H22N4OS. The molecule has 5 nitrogen and oxygen atoms in total. The number of nitrogens with zero attached hydrogens (tertiary/aromatic N) is 3. The summed E-state index contributed by atoms with van der Waals surface area (Å²) < 4.78 is 0. The average Bonchev–Trinajstić information content (AvgIpc) is 2.83. The number of benzene rings is 3. The monoisotopic (exact) mass is 426 g/mol. The van der Waals surface area contributed by atoms with Crippen LogP contribution in [0.3, 0.4) is 0 Å². The van der Waals surface area contributed by atoms with Gasteiger partial charge in [0.2, 0.25) is 0 Å². The fraction of sp³-hybridized carbons (Fsp3) is 0.160. The molecule has 154 valence electrons. The number of carbonyl (C=O) groups is 1. The van der Waals surface area contributed by atoms with Crippen LogP contribution >= 0.6 is 11.8 Å². The number of hydrazone groups is 1. The Morgan fingerprint density at radius 2 is 1.68 bits per heavy atom. The van der Waals surface area contributed by atoms with E-state index in [-0.39, 0.29) is 12.1 Å². The van der Waals surface area contributed by atoms with Crippen LogP contribution < -0.4 is 15.9 Å². The van der Waals surface area contributed by atoms with Crippen molar-refractivity contribution in [2.24, 2.45) is 10.1 Å². The largest absolute Gasteiger partial charge is 0.298 e. The summed E-state index contributed by atoms with van der Waals surface area (Å²) in [7, 11) is 0. The lowest BCUT2D eigenvalue weighted by molar-refractivity contribution is -0.116. The van der Waals surface area contributed by atoms with Crippen LogP contribution in [0.4, 0.5) is 0 Å².